The normalized spacial score (nSPS) is 10.2. The van der Waals surface area contributed by atoms with E-state index in [1.54, 1.807) is 0 Å². The molecule has 0 atom stereocenters. The van der Waals surface area contributed by atoms with Crippen LogP contribution in [0.15, 0.2) is 30.5 Å². The lowest BCUT2D eigenvalue weighted by molar-refractivity contribution is 0.856. The fraction of sp³-hybridized carbons (Fsp3) is 0.250. The van der Waals surface area contributed by atoms with Gasteiger partial charge in [0.1, 0.15) is 0 Å². The number of hydrogen-bond acceptors (Lipinski definition) is 1. The van der Waals surface area contributed by atoms with E-state index in [9.17, 15) is 0 Å². The lowest BCUT2D eigenvalue weighted by atomic mass is 10.0. The highest BCUT2D eigenvalue weighted by atomic mass is 14.7. The second-order valence-electron chi connectivity index (χ2n) is 3.37. The average molecular weight is 184 g/mol. The van der Waals surface area contributed by atoms with Gasteiger partial charge in [0.15, 0.2) is 0 Å². The maximum Gasteiger partial charge on any atom is 0.0621 e. The minimum atomic E-state index is 0.640. The Balaban J connectivity index is 2.24. The Bertz CT molecular complexity index is 462. The van der Waals surface area contributed by atoms with Crippen LogP contribution in [0.1, 0.15) is 18.4 Å². The Morgan fingerprint density at radius 1 is 1.29 bits per heavy atom. The van der Waals surface area contributed by atoms with Gasteiger partial charge in [0.25, 0.3) is 0 Å². The summed E-state index contributed by atoms with van der Waals surface area (Å²) in [5.74, 6) is 0. The molecule has 2 heteroatoms. The maximum atomic E-state index is 8.46. The zero-order valence-electron chi connectivity index (χ0n) is 7.96. The van der Waals surface area contributed by atoms with Gasteiger partial charge in [-0.15, -0.1) is 0 Å². The van der Waals surface area contributed by atoms with Crippen molar-refractivity contribution in [2.24, 2.45) is 0 Å². The summed E-state index contributed by atoms with van der Waals surface area (Å²) in [5, 5.41) is 9.74. The van der Waals surface area contributed by atoms with E-state index in [2.05, 4.69) is 35.3 Å². The number of unbranched alkanes of at least 4 members (excludes halogenated alkanes) is 1. The number of aryl methyl sites for hydroxylation is 1. The average Bonchev–Trinajstić information content (AvgIpc) is 2.67. The number of fused-ring (bicyclic) bond motifs is 1. The first-order chi connectivity index (χ1) is 6.92. The monoisotopic (exact) mass is 184 g/mol. The Hall–Kier alpha value is -1.75. The van der Waals surface area contributed by atoms with Crippen molar-refractivity contribution in [2.75, 3.05) is 0 Å². The van der Waals surface area contributed by atoms with Crippen LogP contribution in [0.4, 0.5) is 0 Å². The van der Waals surface area contributed by atoms with Gasteiger partial charge < -0.3 is 4.98 Å². The molecule has 1 heterocycles. The third kappa shape index (κ3) is 1.62. The molecular formula is C12H12N2. The molecule has 0 fully saturated rings. The lowest BCUT2D eigenvalue weighted by Crippen LogP contribution is -1.85. The molecule has 2 rings (SSSR count). The molecule has 0 aliphatic heterocycles. The highest BCUT2D eigenvalue weighted by molar-refractivity contribution is 5.82. The van der Waals surface area contributed by atoms with E-state index in [-0.39, 0.29) is 0 Å². The zero-order valence-corrected chi connectivity index (χ0v) is 7.96. The van der Waals surface area contributed by atoms with E-state index in [4.69, 9.17) is 5.26 Å². The molecule has 0 aliphatic rings. The van der Waals surface area contributed by atoms with Crippen LogP contribution in [0, 0.1) is 11.3 Å². The molecule has 2 aromatic rings. The highest BCUT2D eigenvalue weighted by Crippen LogP contribution is 2.18. The standard InChI is InChI=1S/C12H12N2/c13-8-2-1-4-10-5-3-6-12-11(10)7-9-14-12/h3,5-7,9,14H,1-2,4H2. The number of H-pyrrole nitrogens is 1. The van der Waals surface area contributed by atoms with Crippen molar-refractivity contribution in [2.45, 2.75) is 19.3 Å². The molecule has 14 heavy (non-hydrogen) atoms. The smallest absolute Gasteiger partial charge is 0.0621 e. The number of aromatic amines is 1. The quantitative estimate of drug-likeness (QED) is 0.732. The number of aromatic nitrogens is 1. The Morgan fingerprint density at radius 3 is 3.07 bits per heavy atom. The zero-order chi connectivity index (χ0) is 9.80. The van der Waals surface area contributed by atoms with E-state index in [0.29, 0.717) is 6.42 Å². The summed E-state index contributed by atoms with van der Waals surface area (Å²) in [5.41, 5.74) is 2.51. The summed E-state index contributed by atoms with van der Waals surface area (Å²) in [7, 11) is 0. The number of rotatable bonds is 3. The number of benzene rings is 1. The fourth-order valence-corrected chi connectivity index (χ4v) is 1.73. The molecule has 0 bridgehead atoms. The first kappa shape index (κ1) is 8.83. The van der Waals surface area contributed by atoms with Crippen LogP contribution in [0.25, 0.3) is 10.9 Å². The summed E-state index contributed by atoms with van der Waals surface area (Å²) >= 11 is 0. The molecule has 0 aliphatic carbocycles. The summed E-state index contributed by atoms with van der Waals surface area (Å²) in [6.07, 6.45) is 4.53. The molecule has 0 amide bonds. The molecule has 0 radical (unpaired) electrons. The SMILES string of the molecule is N#CCCCc1cccc2[nH]ccc12. The van der Waals surface area contributed by atoms with Gasteiger partial charge in [-0.2, -0.15) is 5.26 Å². The van der Waals surface area contributed by atoms with Crippen LogP contribution in [0.3, 0.4) is 0 Å². The molecule has 0 saturated carbocycles. The van der Waals surface area contributed by atoms with Gasteiger partial charge >= 0.3 is 0 Å². The van der Waals surface area contributed by atoms with Crippen molar-refractivity contribution in [3.63, 3.8) is 0 Å². The number of nitriles is 1. The van der Waals surface area contributed by atoms with Crippen molar-refractivity contribution in [3.8, 4) is 6.07 Å². The first-order valence-corrected chi connectivity index (χ1v) is 4.84. The van der Waals surface area contributed by atoms with Gasteiger partial charge in [-0.25, -0.2) is 0 Å². The molecular weight excluding hydrogens is 172 g/mol. The summed E-state index contributed by atoms with van der Waals surface area (Å²) in [6.45, 7) is 0. The summed E-state index contributed by atoms with van der Waals surface area (Å²) in [4.78, 5) is 3.19. The molecule has 2 nitrogen and oxygen atoms in total. The van der Waals surface area contributed by atoms with E-state index >= 15 is 0 Å². The molecule has 0 saturated heterocycles. The first-order valence-electron chi connectivity index (χ1n) is 4.84. The molecule has 0 spiro atoms. The maximum absolute atomic E-state index is 8.46. The van der Waals surface area contributed by atoms with Crippen LogP contribution in [-0.2, 0) is 6.42 Å². The Labute approximate surface area is 83.2 Å². The van der Waals surface area contributed by atoms with Gasteiger partial charge in [0.05, 0.1) is 6.07 Å². The van der Waals surface area contributed by atoms with Crippen molar-refractivity contribution in [3.05, 3.63) is 36.0 Å². The van der Waals surface area contributed by atoms with Gasteiger partial charge in [-0.3, -0.25) is 0 Å². The molecule has 1 aromatic heterocycles. The molecule has 0 unspecified atom stereocenters. The van der Waals surface area contributed by atoms with Crippen LogP contribution < -0.4 is 0 Å². The number of nitrogens with zero attached hydrogens (tertiary/aromatic N) is 1. The molecule has 1 N–H and O–H groups in total. The van der Waals surface area contributed by atoms with Gasteiger partial charge in [0.2, 0.25) is 0 Å². The van der Waals surface area contributed by atoms with Crippen LogP contribution in [-0.4, -0.2) is 4.98 Å². The molecule has 1 aromatic carbocycles. The van der Waals surface area contributed by atoms with Gasteiger partial charge in [-0.1, -0.05) is 12.1 Å². The predicted octanol–water partition coefficient (Wildman–Crippen LogP) is 3.01. The third-order valence-electron chi connectivity index (χ3n) is 2.42. The lowest BCUT2D eigenvalue weighted by Gasteiger charge is -2.00. The highest BCUT2D eigenvalue weighted by Gasteiger charge is 2.00. The number of nitrogens with one attached hydrogen (secondary N) is 1. The van der Waals surface area contributed by atoms with E-state index in [0.717, 1.165) is 12.8 Å². The topological polar surface area (TPSA) is 39.6 Å². The van der Waals surface area contributed by atoms with Crippen molar-refractivity contribution < 1.29 is 0 Å². The third-order valence-corrected chi connectivity index (χ3v) is 2.42. The Kier molecular flexibility index (Phi) is 2.51. The van der Waals surface area contributed by atoms with Crippen molar-refractivity contribution >= 4 is 10.9 Å². The van der Waals surface area contributed by atoms with Crippen LogP contribution >= 0.6 is 0 Å². The second-order valence-corrected chi connectivity index (χ2v) is 3.37. The summed E-state index contributed by atoms with van der Waals surface area (Å²) in [6, 6.07) is 10.5. The summed E-state index contributed by atoms with van der Waals surface area (Å²) < 4.78 is 0. The fourth-order valence-electron chi connectivity index (χ4n) is 1.73. The van der Waals surface area contributed by atoms with Crippen LogP contribution in [0.5, 0.6) is 0 Å². The Morgan fingerprint density at radius 2 is 2.21 bits per heavy atom. The van der Waals surface area contributed by atoms with Crippen LogP contribution in [0.2, 0.25) is 0 Å². The second kappa shape index (κ2) is 3.97. The van der Waals surface area contributed by atoms with Crippen molar-refractivity contribution in [1.29, 1.82) is 5.26 Å². The number of hydrogen-bond donors (Lipinski definition) is 1. The van der Waals surface area contributed by atoms with Gasteiger partial charge in [0, 0.05) is 23.5 Å². The minimum absolute atomic E-state index is 0.640. The van der Waals surface area contributed by atoms with E-state index in [1.165, 1.54) is 16.5 Å². The molecule has 70 valence electrons. The minimum Gasteiger partial charge on any atom is -0.361 e. The predicted molar refractivity (Wildman–Crippen MR) is 56.8 cm³/mol. The van der Waals surface area contributed by atoms with E-state index in [1.807, 2.05) is 6.20 Å². The van der Waals surface area contributed by atoms with Gasteiger partial charge in [-0.05, 0) is 30.5 Å². The van der Waals surface area contributed by atoms with E-state index < -0.39 is 0 Å². The largest absolute Gasteiger partial charge is 0.361 e. The van der Waals surface area contributed by atoms with Crippen molar-refractivity contribution in [1.82, 2.24) is 4.98 Å².